The Morgan fingerprint density at radius 1 is 1.21 bits per heavy atom. The summed E-state index contributed by atoms with van der Waals surface area (Å²) in [6, 6.07) is 18.0. The van der Waals surface area contributed by atoms with Crippen molar-refractivity contribution >= 4 is 11.8 Å². The van der Waals surface area contributed by atoms with Gasteiger partial charge in [0.2, 0.25) is 5.91 Å². The molecule has 6 nitrogen and oxygen atoms in total. The Morgan fingerprint density at radius 3 is 2.50 bits per heavy atom. The van der Waals surface area contributed by atoms with Crippen molar-refractivity contribution in [1.29, 1.82) is 5.26 Å². The summed E-state index contributed by atoms with van der Waals surface area (Å²) in [6.07, 6.45) is -0.791. The van der Waals surface area contributed by atoms with Gasteiger partial charge in [-0.15, -0.1) is 0 Å². The lowest BCUT2D eigenvalue weighted by atomic mass is 9.95. The molecule has 0 aliphatic carbocycles. The maximum atomic E-state index is 12.9. The Bertz CT molecular complexity index is 872. The van der Waals surface area contributed by atoms with Gasteiger partial charge < -0.3 is 15.0 Å². The third kappa shape index (κ3) is 4.21. The largest absolute Gasteiger partial charge is 0.356 e. The van der Waals surface area contributed by atoms with E-state index in [1.54, 1.807) is 29.2 Å². The lowest BCUT2D eigenvalue weighted by molar-refractivity contribution is -0.167. The molecule has 1 aliphatic heterocycles. The number of hydrogen-bond donors (Lipinski definition) is 1. The molecule has 2 aromatic rings. The van der Waals surface area contributed by atoms with Gasteiger partial charge in [0.1, 0.15) is 6.61 Å². The first-order chi connectivity index (χ1) is 13.5. The number of rotatable bonds is 5. The van der Waals surface area contributed by atoms with Gasteiger partial charge in [0.25, 0.3) is 5.91 Å². The van der Waals surface area contributed by atoms with E-state index in [1.165, 1.54) is 0 Å². The number of hydrogen-bond acceptors (Lipinski definition) is 4. The topological polar surface area (TPSA) is 82.4 Å². The van der Waals surface area contributed by atoms with Crippen molar-refractivity contribution in [3.8, 4) is 6.07 Å². The molecule has 0 aromatic heterocycles. The van der Waals surface area contributed by atoms with E-state index < -0.39 is 12.1 Å². The van der Waals surface area contributed by atoms with E-state index in [1.807, 2.05) is 44.2 Å². The van der Waals surface area contributed by atoms with Crippen LogP contribution in [-0.2, 0) is 20.9 Å². The van der Waals surface area contributed by atoms with Crippen molar-refractivity contribution in [2.45, 2.75) is 38.6 Å². The van der Waals surface area contributed by atoms with Gasteiger partial charge in [0, 0.05) is 12.6 Å². The molecule has 1 heterocycles. The van der Waals surface area contributed by atoms with Crippen LogP contribution in [0.3, 0.4) is 0 Å². The van der Waals surface area contributed by atoms with E-state index in [0.29, 0.717) is 12.1 Å². The third-order valence-electron chi connectivity index (χ3n) is 4.77. The highest BCUT2D eigenvalue weighted by molar-refractivity contribution is 5.86. The van der Waals surface area contributed by atoms with Crippen LogP contribution >= 0.6 is 0 Å². The Balaban J connectivity index is 1.79. The highest BCUT2D eigenvalue weighted by atomic mass is 16.5. The van der Waals surface area contributed by atoms with Crippen molar-refractivity contribution in [2.75, 3.05) is 6.61 Å². The standard InChI is InChI=1S/C22H23N3O3/c1-15(2)25-19(26)14-28-21(20(25)18-6-4-3-5-7-18)22(27)24-13-17-10-8-16(12-23)9-11-17/h3-11,15,20-21H,13-14H2,1-2H3,(H,24,27)/t20-,21+/m1/s1. The summed E-state index contributed by atoms with van der Waals surface area (Å²) in [5.74, 6) is -0.392. The normalized spacial score (nSPS) is 19.4. The maximum absolute atomic E-state index is 12.9. The molecule has 0 unspecified atom stereocenters. The molecule has 1 aliphatic rings. The Labute approximate surface area is 164 Å². The van der Waals surface area contributed by atoms with Gasteiger partial charge in [-0.3, -0.25) is 9.59 Å². The fourth-order valence-corrected chi connectivity index (χ4v) is 3.43. The summed E-state index contributed by atoms with van der Waals surface area (Å²) in [6.45, 7) is 4.08. The highest BCUT2D eigenvalue weighted by Gasteiger charge is 2.42. The molecule has 0 spiro atoms. The molecular formula is C22H23N3O3. The average molecular weight is 377 g/mol. The lowest BCUT2D eigenvalue weighted by Gasteiger charge is -2.42. The van der Waals surface area contributed by atoms with E-state index in [4.69, 9.17) is 10.00 Å². The average Bonchev–Trinajstić information content (AvgIpc) is 2.72. The van der Waals surface area contributed by atoms with Crippen LogP contribution in [0.2, 0.25) is 0 Å². The summed E-state index contributed by atoms with van der Waals surface area (Å²) in [4.78, 5) is 27.1. The number of ether oxygens (including phenoxy) is 1. The minimum absolute atomic E-state index is 0.0598. The number of amides is 2. The zero-order valence-corrected chi connectivity index (χ0v) is 16.0. The molecule has 3 rings (SSSR count). The van der Waals surface area contributed by atoms with Gasteiger partial charge in [-0.1, -0.05) is 42.5 Å². The van der Waals surface area contributed by atoms with Gasteiger partial charge in [0.15, 0.2) is 6.10 Å². The van der Waals surface area contributed by atoms with E-state index in [9.17, 15) is 9.59 Å². The number of morpholine rings is 1. The van der Waals surface area contributed by atoms with Crippen LogP contribution in [0.5, 0.6) is 0 Å². The molecule has 2 aromatic carbocycles. The van der Waals surface area contributed by atoms with Crippen LogP contribution in [0.1, 0.15) is 36.6 Å². The van der Waals surface area contributed by atoms with Crippen LogP contribution in [0.4, 0.5) is 0 Å². The first-order valence-electron chi connectivity index (χ1n) is 9.25. The van der Waals surface area contributed by atoms with Crippen LogP contribution in [0, 0.1) is 11.3 Å². The zero-order chi connectivity index (χ0) is 20.1. The quantitative estimate of drug-likeness (QED) is 0.868. The van der Waals surface area contributed by atoms with E-state index in [0.717, 1.165) is 11.1 Å². The highest BCUT2D eigenvalue weighted by Crippen LogP contribution is 2.32. The van der Waals surface area contributed by atoms with Crippen LogP contribution in [0.25, 0.3) is 0 Å². The van der Waals surface area contributed by atoms with E-state index in [-0.39, 0.29) is 24.5 Å². The van der Waals surface area contributed by atoms with E-state index in [2.05, 4.69) is 11.4 Å². The van der Waals surface area contributed by atoms with E-state index >= 15 is 0 Å². The lowest BCUT2D eigenvalue weighted by Crippen LogP contribution is -2.56. The number of nitrogens with zero attached hydrogens (tertiary/aromatic N) is 2. The molecule has 28 heavy (non-hydrogen) atoms. The first kappa shape index (κ1) is 19.6. The Hall–Kier alpha value is -3.17. The molecule has 6 heteroatoms. The molecule has 1 fully saturated rings. The smallest absolute Gasteiger partial charge is 0.251 e. The van der Waals surface area contributed by atoms with Crippen molar-refractivity contribution in [1.82, 2.24) is 10.2 Å². The summed E-state index contributed by atoms with van der Waals surface area (Å²) in [5.41, 5.74) is 2.32. The Morgan fingerprint density at radius 2 is 1.89 bits per heavy atom. The number of carbonyl (C=O) groups is 2. The Kier molecular flexibility index (Phi) is 6.07. The fourth-order valence-electron chi connectivity index (χ4n) is 3.43. The zero-order valence-electron chi connectivity index (χ0n) is 16.0. The number of nitrogens with one attached hydrogen (secondary N) is 1. The summed E-state index contributed by atoms with van der Waals surface area (Å²) in [5, 5.41) is 11.8. The summed E-state index contributed by atoms with van der Waals surface area (Å²) >= 11 is 0. The second kappa shape index (κ2) is 8.68. The van der Waals surface area contributed by atoms with Gasteiger partial charge in [0.05, 0.1) is 17.7 Å². The predicted octanol–water partition coefficient (Wildman–Crippen LogP) is 2.55. The molecule has 1 N–H and O–H groups in total. The summed E-state index contributed by atoms with van der Waals surface area (Å²) in [7, 11) is 0. The molecule has 2 amide bonds. The van der Waals surface area contributed by atoms with Crippen molar-refractivity contribution in [3.05, 3.63) is 71.3 Å². The summed E-state index contributed by atoms with van der Waals surface area (Å²) < 4.78 is 5.68. The second-order valence-corrected chi connectivity index (χ2v) is 7.01. The van der Waals surface area contributed by atoms with Crippen LogP contribution in [-0.4, -0.2) is 35.5 Å². The first-order valence-corrected chi connectivity index (χ1v) is 9.25. The third-order valence-corrected chi connectivity index (χ3v) is 4.77. The van der Waals surface area contributed by atoms with Gasteiger partial charge in [-0.05, 0) is 37.1 Å². The van der Waals surface area contributed by atoms with Gasteiger partial charge in [-0.2, -0.15) is 5.26 Å². The molecular weight excluding hydrogens is 354 g/mol. The second-order valence-electron chi connectivity index (χ2n) is 7.01. The molecule has 144 valence electrons. The molecule has 0 saturated carbocycles. The van der Waals surface area contributed by atoms with Crippen LogP contribution in [0.15, 0.2) is 54.6 Å². The molecule has 2 atom stereocenters. The maximum Gasteiger partial charge on any atom is 0.251 e. The molecule has 0 radical (unpaired) electrons. The van der Waals surface area contributed by atoms with Crippen LogP contribution < -0.4 is 5.32 Å². The minimum atomic E-state index is -0.791. The SMILES string of the molecule is CC(C)N1C(=O)CO[C@H](C(=O)NCc2ccc(C#N)cc2)[C@H]1c1ccccc1. The number of benzene rings is 2. The van der Waals surface area contributed by atoms with Gasteiger partial charge >= 0.3 is 0 Å². The number of carbonyl (C=O) groups excluding carboxylic acids is 2. The van der Waals surface area contributed by atoms with Crippen molar-refractivity contribution in [3.63, 3.8) is 0 Å². The predicted molar refractivity (Wildman–Crippen MR) is 104 cm³/mol. The number of nitriles is 1. The monoisotopic (exact) mass is 377 g/mol. The van der Waals surface area contributed by atoms with Gasteiger partial charge in [-0.25, -0.2) is 0 Å². The minimum Gasteiger partial charge on any atom is -0.356 e. The fraction of sp³-hybridized carbons (Fsp3) is 0.318. The van der Waals surface area contributed by atoms with Crippen molar-refractivity contribution in [2.24, 2.45) is 0 Å². The van der Waals surface area contributed by atoms with Crippen molar-refractivity contribution < 1.29 is 14.3 Å². The molecule has 0 bridgehead atoms. The molecule has 1 saturated heterocycles.